The SMILES string of the molecule is Cc1cc(F)ccc1C1OCCn2ncnc21. The van der Waals surface area contributed by atoms with E-state index in [9.17, 15) is 4.39 Å². The molecule has 1 aromatic carbocycles. The van der Waals surface area contributed by atoms with Gasteiger partial charge in [-0.05, 0) is 30.2 Å². The molecule has 0 saturated carbocycles. The Balaban J connectivity index is 2.06. The van der Waals surface area contributed by atoms with Crippen LogP contribution < -0.4 is 0 Å². The molecule has 0 spiro atoms. The highest BCUT2D eigenvalue weighted by atomic mass is 19.1. The van der Waals surface area contributed by atoms with Gasteiger partial charge in [0, 0.05) is 0 Å². The fourth-order valence-electron chi connectivity index (χ4n) is 2.14. The maximum atomic E-state index is 13.1. The monoisotopic (exact) mass is 233 g/mol. The largest absolute Gasteiger partial charge is 0.364 e. The first-order valence-corrected chi connectivity index (χ1v) is 5.51. The fraction of sp³-hybridized carbons (Fsp3) is 0.333. The van der Waals surface area contributed by atoms with Crippen molar-refractivity contribution < 1.29 is 9.13 Å². The van der Waals surface area contributed by atoms with Crippen LogP contribution in [0.4, 0.5) is 4.39 Å². The van der Waals surface area contributed by atoms with Crippen molar-refractivity contribution in [2.75, 3.05) is 6.61 Å². The highest BCUT2D eigenvalue weighted by molar-refractivity contribution is 5.32. The number of benzene rings is 1. The molecule has 1 unspecified atom stereocenters. The van der Waals surface area contributed by atoms with Gasteiger partial charge in [0.15, 0.2) is 5.82 Å². The summed E-state index contributed by atoms with van der Waals surface area (Å²) in [5.41, 5.74) is 1.81. The molecule has 0 N–H and O–H groups in total. The molecule has 1 aliphatic heterocycles. The van der Waals surface area contributed by atoms with Gasteiger partial charge in [-0.25, -0.2) is 14.1 Å². The minimum atomic E-state index is -0.244. The molecule has 0 amide bonds. The van der Waals surface area contributed by atoms with E-state index >= 15 is 0 Å². The molecule has 1 aromatic heterocycles. The minimum Gasteiger partial charge on any atom is -0.364 e. The van der Waals surface area contributed by atoms with Gasteiger partial charge in [0.1, 0.15) is 18.2 Å². The Kier molecular flexibility index (Phi) is 2.40. The number of rotatable bonds is 1. The molecule has 0 bridgehead atoms. The molecule has 0 fully saturated rings. The molecule has 0 aliphatic carbocycles. The van der Waals surface area contributed by atoms with Crippen LogP contribution in [0, 0.1) is 12.7 Å². The zero-order valence-corrected chi connectivity index (χ0v) is 9.43. The van der Waals surface area contributed by atoms with Crippen molar-refractivity contribution in [2.45, 2.75) is 19.6 Å². The topological polar surface area (TPSA) is 39.9 Å². The van der Waals surface area contributed by atoms with Gasteiger partial charge in [-0.1, -0.05) is 6.07 Å². The lowest BCUT2D eigenvalue weighted by Crippen LogP contribution is -2.24. The summed E-state index contributed by atoms with van der Waals surface area (Å²) in [7, 11) is 0. The summed E-state index contributed by atoms with van der Waals surface area (Å²) in [6.07, 6.45) is 1.28. The van der Waals surface area contributed by atoms with Gasteiger partial charge in [0.25, 0.3) is 0 Å². The highest BCUT2D eigenvalue weighted by Crippen LogP contribution is 2.29. The summed E-state index contributed by atoms with van der Waals surface area (Å²) in [6.45, 7) is 3.18. The summed E-state index contributed by atoms with van der Waals surface area (Å²) < 4.78 is 20.6. The van der Waals surface area contributed by atoms with Crippen molar-refractivity contribution >= 4 is 0 Å². The molecular weight excluding hydrogens is 221 g/mol. The van der Waals surface area contributed by atoms with Gasteiger partial charge in [0.05, 0.1) is 13.2 Å². The summed E-state index contributed by atoms with van der Waals surface area (Å²) in [4.78, 5) is 4.21. The van der Waals surface area contributed by atoms with Crippen molar-refractivity contribution in [3.8, 4) is 0 Å². The van der Waals surface area contributed by atoms with Crippen LogP contribution in [0.3, 0.4) is 0 Å². The fourth-order valence-corrected chi connectivity index (χ4v) is 2.14. The summed E-state index contributed by atoms with van der Waals surface area (Å²) in [5.74, 6) is 0.550. The maximum Gasteiger partial charge on any atom is 0.160 e. The molecule has 1 atom stereocenters. The zero-order chi connectivity index (χ0) is 11.8. The first-order chi connectivity index (χ1) is 8.25. The lowest BCUT2D eigenvalue weighted by Gasteiger charge is -2.24. The summed E-state index contributed by atoms with van der Waals surface area (Å²) in [5, 5.41) is 4.13. The van der Waals surface area contributed by atoms with E-state index in [1.807, 2.05) is 11.6 Å². The van der Waals surface area contributed by atoms with Crippen LogP contribution in [0.5, 0.6) is 0 Å². The number of nitrogens with zero attached hydrogens (tertiary/aromatic N) is 3. The number of aryl methyl sites for hydroxylation is 1. The Bertz CT molecular complexity index is 552. The van der Waals surface area contributed by atoms with Crippen molar-refractivity contribution in [1.29, 1.82) is 0 Å². The van der Waals surface area contributed by atoms with Gasteiger partial charge in [-0.2, -0.15) is 5.10 Å². The molecule has 2 heterocycles. The Morgan fingerprint density at radius 3 is 3.18 bits per heavy atom. The zero-order valence-electron chi connectivity index (χ0n) is 9.43. The van der Waals surface area contributed by atoms with Crippen LogP contribution in [0.1, 0.15) is 23.1 Å². The Morgan fingerprint density at radius 1 is 1.47 bits per heavy atom. The number of fused-ring (bicyclic) bond motifs is 1. The van der Waals surface area contributed by atoms with E-state index in [-0.39, 0.29) is 11.9 Å². The molecule has 0 saturated heterocycles. The average Bonchev–Trinajstić information content (AvgIpc) is 2.77. The predicted molar refractivity (Wildman–Crippen MR) is 59.0 cm³/mol. The van der Waals surface area contributed by atoms with Gasteiger partial charge >= 0.3 is 0 Å². The lowest BCUT2D eigenvalue weighted by molar-refractivity contribution is 0.0386. The average molecular weight is 233 g/mol. The third-order valence-electron chi connectivity index (χ3n) is 2.98. The van der Waals surface area contributed by atoms with E-state index in [1.165, 1.54) is 18.5 Å². The molecule has 5 heteroatoms. The molecule has 1 aliphatic rings. The van der Waals surface area contributed by atoms with Crippen molar-refractivity contribution in [1.82, 2.24) is 14.8 Å². The van der Waals surface area contributed by atoms with Crippen LogP contribution in [0.15, 0.2) is 24.5 Å². The van der Waals surface area contributed by atoms with E-state index in [1.54, 1.807) is 6.07 Å². The number of hydrogen-bond acceptors (Lipinski definition) is 3. The molecular formula is C12H12FN3O. The first-order valence-electron chi connectivity index (χ1n) is 5.51. The molecule has 0 radical (unpaired) electrons. The Morgan fingerprint density at radius 2 is 2.35 bits per heavy atom. The summed E-state index contributed by atoms with van der Waals surface area (Å²) in [6, 6.07) is 4.70. The second-order valence-corrected chi connectivity index (χ2v) is 4.09. The van der Waals surface area contributed by atoms with Crippen LogP contribution >= 0.6 is 0 Å². The maximum absolute atomic E-state index is 13.1. The van der Waals surface area contributed by atoms with Gasteiger partial charge in [-0.3, -0.25) is 0 Å². The third-order valence-corrected chi connectivity index (χ3v) is 2.98. The Labute approximate surface area is 98.0 Å². The number of ether oxygens (including phenoxy) is 1. The quantitative estimate of drug-likeness (QED) is 0.754. The minimum absolute atomic E-state index is 0.233. The normalized spacial score (nSPS) is 19.1. The second-order valence-electron chi connectivity index (χ2n) is 4.09. The lowest BCUT2D eigenvalue weighted by atomic mass is 10.0. The second kappa shape index (κ2) is 3.92. The Hall–Kier alpha value is -1.75. The standard InChI is InChI=1S/C12H12FN3O/c1-8-6-9(13)2-3-10(8)11-12-14-7-15-16(12)4-5-17-11/h2-3,6-7,11H,4-5H2,1H3. The smallest absolute Gasteiger partial charge is 0.160 e. The molecule has 4 nitrogen and oxygen atoms in total. The van der Waals surface area contributed by atoms with E-state index in [4.69, 9.17) is 4.74 Å². The van der Waals surface area contributed by atoms with Crippen LogP contribution in [0.2, 0.25) is 0 Å². The van der Waals surface area contributed by atoms with E-state index in [0.29, 0.717) is 13.2 Å². The number of halogens is 1. The van der Waals surface area contributed by atoms with Crippen LogP contribution in [-0.4, -0.2) is 21.4 Å². The van der Waals surface area contributed by atoms with E-state index < -0.39 is 0 Å². The van der Waals surface area contributed by atoms with Gasteiger partial charge < -0.3 is 4.74 Å². The van der Waals surface area contributed by atoms with E-state index in [0.717, 1.165) is 17.0 Å². The van der Waals surface area contributed by atoms with E-state index in [2.05, 4.69) is 10.1 Å². The molecule has 3 rings (SSSR count). The molecule has 2 aromatic rings. The third kappa shape index (κ3) is 1.72. The van der Waals surface area contributed by atoms with Crippen molar-refractivity contribution in [2.24, 2.45) is 0 Å². The van der Waals surface area contributed by atoms with Crippen LogP contribution in [-0.2, 0) is 11.3 Å². The molecule has 17 heavy (non-hydrogen) atoms. The number of aromatic nitrogens is 3. The summed E-state index contributed by atoms with van der Waals surface area (Å²) >= 11 is 0. The van der Waals surface area contributed by atoms with Crippen molar-refractivity contribution in [3.05, 3.63) is 47.3 Å². The number of hydrogen-bond donors (Lipinski definition) is 0. The predicted octanol–water partition coefficient (Wildman–Crippen LogP) is 1.85. The molecule has 88 valence electrons. The highest BCUT2D eigenvalue weighted by Gasteiger charge is 2.26. The van der Waals surface area contributed by atoms with Gasteiger partial charge in [-0.15, -0.1) is 0 Å². The van der Waals surface area contributed by atoms with Gasteiger partial charge in [0.2, 0.25) is 0 Å². The van der Waals surface area contributed by atoms with Crippen LogP contribution in [0.25, 0.3) is 0 Å². The van der Waals surface area contributed by atoms with Crippen molar-refractivity contribution in [3.63, 3.8) is 0 Å². The first kappa shape index (κ1) is 10.4.